The van der Waals surface area contributed by atoms with Crippen LogP contribution in [0.1, 0.15) is 12.8 Å². The zero-order valence-electron chi connectivity index (χ0n) is 7.24. The number of halogens is 1. The van der Waals surface area contributed by atoms with E-state index in [-0.39, 0.29) is 0 Å². The van der Waals surface area contributed by atoms with Crippen LogP contribution in [0.3, 0.4) is 0 Å². The lowest BCUT2D eigenvalue weighted by atomic mass is 10.2. The van der Waals surface area contributed by atoms with Gasteiger partial charge in [-0.1, -0.05) is 0 Å². The van der Waals surface area contributed by atoms with Crippen molar-refractivity contribution in [3.05, 3.63) is 10.7 Å². The summed E-state index contributed by atoms with van der Waals surface area (Å²) in [5.41, 5.74) is 5.60. The van der Waals surface area contributed by atoms with Crippen LogP contribution in [0.15, 0.2) is 10.7 Å². The van der Waals surface area contributed by atoms with Gasteiger partial charge in [-0.2, -0.15) is 5.10 Å². The number of hydrogen-bond acceptors (Lipinski definition) is 3. The molecule has 0 unspecified atom stereocenters. The Morgan fingerprint density at radius 3 is 3.15 bits per heavy atom. The fourth-order valence-corrected chi connectivity index (χ4v) is 1.82. The van der Waals surface area contributed by atoms with E-state index in [0.717, 1.165) is 30.5 Å². The molecule has 5 heteroatoms. The van der Waals surface area contributed by atoms with Gasteiger partial charge in [-0.15, -0.1) is 0 Å². The van der Waals surface area contributed by atoms with Crippen LogP contribution in [0.2, 0.25) is 0 Å². The Balaban J connectivity index is 2.00. The highest BCUT2D eigenvalue weighted by atomic mass is 79.9. The van der Waals surface area contributed by atoms with Crippen molar-refractivity contribution in [2.24, 2.45) is 0 Å². The molecule has 2 heterocycles. The van der Waals surface area contributed by atoms with Crippen LogP contribution in [0.5, 0.6) is 0 Å². The summed E-state index contributed by atoms with van der Waals surface area (Å²) in [6, 6.07) is 0. The molecule has 2 N–H and O–H groups in total. The Kier molecular flexibility index (Phi) is 2.55. The first kappa shape index (κ1) is 9.02. The van der Waals surface area contributed by atoms with Gasteiger partial charge in [0.15, 0.2) is 5.82 Å². The predicted octanol–water partition coefficient (Wildman–Crippen LogP) is 1.41. The molecule has 1 saturated heterocycles. The summed E-state index contributed by atoms with van der Waals surface area (Å²) in [6.45, 7) is 1.68. The standard InChI is InChI=1S/C8H12BrN3O/c9-7-5-12(11-8(7)10)4-6-2-1-3-13-6/h5-6H,1-4H2,(H2,10,11)/t6-/m0/s1. The van der Waals surface area contributed by atoms with E-state index in [9.17, 15) is 0 Å². The summed E-state index contributed by atoms with van der Waals surface area (Å²) >= 11 is 3.32. The van der Waals surface area contributed by atoms with Gasteiger partial charge in [0.2, 0.25) is 0 Å². The van der Waals surface area contributed by atoms with E-state index in [0.29, 0.717) is 11.9 Å². The maximum Gasteiger partial charge on any atom is 0.159 e. The molecular formula is C8H12BrN3O. The molecule has 1 aromatic heterocycles. The molecule has 0 amide bonds. The number of ether oxygens (including phenoxy) is 1. The average Bonchev–Trinajstić information content (AvgIpc) is 2.64. The zero-order valence-corrected chi connectivity index (χ0v) is 8.83. The lowest BCUT2D eigenvalue weighted by Gasteiger charge is -2.08. The fourth-order valence-electron chi connectivity index (χ4n) is 1.50. The Morgan fingerprint density at radius 1 is 1.77 bits per heavy atom. The minimum absolute atomic E-state index is 0.311. The van der Waals surface area contributed by atoms with Crippen LogP contribution in [0.25, 0.3) is 0 Å². The lowest BCUT2D eigenvalue weighted by Crippen LogP contribution is -2.15. The second-order valence-corrected chi connectivity index (χ2v) is 4.07. The third-order valence-electron chi connectivity index (χ3n) is 2.16. The molecule has 0 radical (unpaired) electrons. The summed E-state index contributed by atoms with van der Waals surface area (Å²) in [6.07, 6.45) is 4.47. The molecule has 0 bridgehead atoms. The molecule has 72 valence electrons. The molecule has 0 aliphatic carbocycles. The van der Waals surface area contributed by atoms with Crippen LogP contribution >= 0.6 is 15.9 Å². The molecule has 1 aliphatic heterocycles. The van der Waals surface area contributed by atoms with Gasteiger partial charge in [-0.25, -0.2) is 0 Å². The molecule has 0 aromatic carbocycles. The first-order valence-electron chi connectivity index (χ1n) is 4.36. The minimum Gasteiger partial charge on any atom is -0.381 e. The maximum atomic E-state index is 5.60. The van der Waals surface area contributed by atoms with Crippen molar-refractivity contribution in [1.82, 2.24) is 9.78 Å². The highest BCUT2D eigenvalue weighted by molar-refractivity contribution is 9.10. The molecule has 4 nitrogen and oxygen atoms in total. The van der Waals surface area contributed by atoms with E-state index in [1.807, 2.05) is 10.9 Å². The second-order valence-electron chi connectivity index (χ2n) is 3.22. The molecule has 0 saturated carbocycles. The number of aromatic nitrogens is 2. The van der Waals surface area contributed by atoms with Gasteiger partial charge in [-0.05, 0) is 28.8 Å². The van der Waals surface area contributed by atoms with E-state index < -0.39 is 0 Å². The Bertz CT molecular complexity index is 274. The van der Waals surface area contributed by atoms with E-state index in [4.69, 9.17) is 10.5 Å². The minimum atomic E-state index is 0.311. The maximum absolute atomic E-state index is 5.60. The largest absolute Gasteiger partial charge is 0.381 e. The van der Waals surface area contributed by atoms with Gasteiger partial charge in [0.05, 0.1) is 17.1 Å². The van der Waals surface area contributed by atoms with Crippen molar-refractivity contribution >= 4 is 21.7 Å². The van der Waals surface area contributed by atoms with Crippen molar-refractivity contribution in [3.8, 4) is 0 Å². The Morgan fingerprint density at radius 2 is 2.62 bits per heavy atom. The summed E-state index contributed by atoms with van der Waals surface area (Å²) < 4.78 is 8.17. The first-order chi connectivity index (χ1) is 6.25. The van der Waals surface area contributed by atoms with Crippen LogP contribution in [0.4, 0.5) is 5.82 Å². The van der Waals surface area contributed by atoms with Crippen molar-refractivity contribution < 1.29 is 4.74 Å². The summed E-state index contributed by atoms with van der Waals surface area (Å²) in [5.74, 6) is 0.540. The van der Waals surface area contributed by atoms with Crippen LogP contribution in [-0.4, -0.2) is 22.5 Å². The third kappa shape index (κ3) is 2.03. The average molecular weight is 246 g/mol. The van der Waals surface area contributed by atoms with E-state index >= 15 is 0 Å². The second kappa shape index (κ2) is 3.67. The van der Waals surface area contributed by atoms with Crippen molar-refractivity contribution in [3.63, 3.8) is 0 Å². The normalized spacial score (nSPS) is 22.4. The highest BCUT2D eigenvalue weighted by Gasteiger charge is 2.16. The van der Waals surface area contributed by atoms with E-state index in [2.05, 4.69) is 21.0 Å². The molecule has 1 aliphatic rings. The number of anilines is 1. The van der Waals surface area contributed by atoms with Gasteiger partial charge >= 0.3 is 0 Å². The smallest absolute Gasteiger partial charge is 0.159 e. The molecule has 1 aromatic rings. The van der Waals surface area contributed by atoms with E-state index in [1.165, 1.54) is 0 Å². The van der Waals surface area contributed by atoms with Gasteiger partial charge in [0, 0.05) is 12.8 Å². The summed E-state index contributed by atoms with van der Waals surface area (Å²) in [4.78, 5) is 0. The highest BCUT2D eigenvalue weighted by Crippen LogP contribution is 2.19. The molecule has 13 heavy (non-hydrogen) atoms. The number of hydrogen-bond donors (Lipinski definition) is 1. The summed E-state index contributed by atoms with van der Waals surface area (Å²) in [5, 5.41) is 4.14. The lowest BCUT2D eigenvalue weighted by molar-refractivity contribution is 0.0941. The van der Waals surface area contributed by atoms with Crippen molar-refractivity contribution in [2.75, 3.05) is 12.3 Å². The monoisotopic (exact) mass is 245 g/mol. The number of rotatable bonds is 2. The zero-order chi connectivity index (χ0) is 9.26. The van der Waals surface area contributed by atoms with E-state index in [1.54, 1.807) is 0 Å². The molecule has 0 spiro atoms. The van der Waals surface area contributed by atoms with Gasteiger partial charge in [-0.3, -0.25) is 4.68 Å². The van der Waals surface area contributed by atoms with Crippen LogP contribution < -0.4 is 5.73 Å². The Hall–Kier alpha value is -0.550. The molecule has 2 rings (SSSR count). The van der Waals surface area contributed by atoms with Crippen LogP contribution in [-0.2, 0) is 11.3 Å². The molecule has 1 atom stereocenters. The first-order valence-corrected chi connectivity index (χ1v) is 5.15. The van der Waals surface area contributed by atoms with Crippen molar-refractivity contribution in [2.45, 2.75) is 25.5 Å². The van der Waals surface area contributed by atoms with Gasteiger partial charge < -0.3 is 10.5 Å². The quantitative estimate of drug-likeness (QED) is 0.858. The van der Waals surface area contributed by atoms with Crippen LogP contribution in [0, 0.1) is 0 Å². The summed E-state index contributed by atoms with van der Waals surface area (Å²) in [7, 11) is 0. The molecular weight excluding hydrogens is 234 g/mol. The number of nitrogens with two attached hydrogens (primary N) is 1. The predicted molar refractivity (Wildman–Crippen MR) is 53.3 cm³/mol. The number of nitrogen functional groups attached to an aromatic ring is 1. The topological polar surface area (TPSA) is 53.1 Å². The van der Waals surface area contributed by atoms with Gasteiger partial charge in [0.25, 0.3) is 0 Å². The van der Waals surface area contributed by atoms with Crippen molar-refractivity contribution in [1.29, 1.82) is 0 Å². The molecule has 1 fully saturated rings. The fraction of sp³-hybridized carbons (Fsp3) is 0.625. The third-order valence-corrected chi connectivity index (χ3v) is 2.77. The Labute approximate surface area is 85.2 Å². The van der Waals surface area contributed by atoms with Gasteiger partial charge in [0.1, 0.15) is 0 Å². The number of nitrogens with zero attached hydrogens (tertiary/aromatic N) is 2. The SMILES string of the molecule is Nc1nn(C[C@@H]2CCCO2)cc1Br.